The number of carbonyl (C=O) groups is 2. The van der Waals surface area contributed by atoms with Crippen LogP contribution in [0.3, 0.4) is 0 Å². The molecule has 24 heavy (non-hydrogen) atoms. The molecule has 2 aromatic carbocycles. The molecule has 0 saturated carbocycles. The zero-order valence-corrected chi connectivity index (χ0v) is 15.7. The lowest BCUT2D eigenvalue weighted by atomic mass is 10.1. The molecular formula is C19H21BrN2O2. The van der Waals surface area contributed by atoms with Crippen molar-refractivity contribution in [3.8, 4) is 0 Å². The largest absolute Gasteiger partial charge is 0.336 e. The van der Waals surface area contributed by atoms with Crippen LogP contribution in [0.15, 0.2) is 46.9 Å². The molecule has 0 aromatic heterocycles. The molecule has 0 bridgehead atoms. The van der Waals surface area contributed by atoms with Gasteiger partial charge in [0.1, 0.15) is 0 Å². The number of likely N-dealkylation sites (N-methyl/N-ethyl adjacent to an activating group) is 1. The number of rotatable bonds is 5. The van der Waals surface area contributed by atoms with E-state index in [0.717, 1.165) is 26.9 Å². The second-order valence-electron chi connectivity index (χ2n) is 5.92. The SMILES string of the molecule is Cc1ccc(CC(=O)N(C)CC(=O)Nc2ccc(Br)cc2C)cc1. The van der Waals surface area contributed by atoms with E-state index in [1.54, 1.807) is 7.05 Å². The molecule has 0 saturated heterocycles. The van der Waals surface area contributed by atoms with E-state index >= 15 is 0 Å². The van der Waals surface area contributed by atoms with Crippen LogP contribution >= 0.6 is 15.9 Å². The van der Waals surface area contributed by atoms with E-state index in [4.69, 9.17) is 0 Å². The van der Waals surface area contributed by atoms with Crippen molar-refractivity contribution >= 4 is 33.4 Å². The van der Waals surface area contributed by atoms with Gasteiger partial charge in [-0.25, -0.2) is 0 Å². The Labute approximate surface area is 151 Å². The molecule has 5 heteroatoms. The number of halogens is 1. The maximum absolute atomic E-state index is 12.2. The van der Waals surface area contributed by atoms with Crippen LogP contribution < -0.4 is 5.32 Å². The molecule has 0 aliphatic heterocycles. The lowest BCUT2D eigenvalue weighted by Crippen LogP contribution is -2.35. The Kier molecular flexibility index (Phi) is 6.15. The number of benzene rings is 2. The molecule has 0 aliphatic rings. The molecule has 0 fully saturated rings. The van der Waals surface area contributed by atoms with Crippen molar-refractivity contribution in [2.75, 3.05) is 18.9 Å². The fourth-order valence-corrected chi connectivity index (χ4v) is 2.75. The van der Waals surface area contributed by atoms with Gasteiger partial charge in [-0.1, -0.05) is 45.8 Å². The minimum absolute atomic E-state index is 0.0280. The summed E-state index contributed by atoms with van der Waals surface area (Å²) in [6, 6.07) is 13.5. The molecule has 126 valence electrons. The minimum Gasteiger partial charge on any atom is -0.336 e. The standard InChI is InChI=1S/C19H21BrN2O2/c1-13-4-6-15(7-5-13)11-19(24)22(3)12-18(23)21-17-9-8-16(20)10-14(17)2/h4-10H,11-12H2,1-3H3,(H,21,23). The first-order chi connectivity index (χ1) is 11.3. The molecule has 4 nitrogen and oxygen atoms in total. The Morgan fingerprint density at radius 2 is 1.75 bits per heavy atom. The Hall–Kier alpha value is -2.14. The van der Waals surface area contributed by atoms with Crippen molar-refractivity contribution in [1.29, 1.82) is 0 Å². The van der Waals surface area contributed by atoms with Crippen molar-refractivity contribution in [3.05, 3.63) is 63.6 Å². The summed E-state index contributed by atoms with van der Waals surface area (Å²) in [5.74, 6) is -0.290. The number of hydrogen-bond acceptors (Lipinski definition) is 2. The third-order valence-electron chi connectivity index (χ3n) is 3.75. The highest BCUT2D eigenvalue weighted by molar-refractivity contribution is 9.10. The maximum atomic E-state index is 12.2. The Balaban J connectivity index is 1.90. The summed E-state index contributed by atoms with van der Waals surface area (Å²) in [5.41, 5.74) is 3.82. The average Bonchev–Trinajstić information content (AvgIpc) is 2.52. The topological polar surface area (TPSA) is 49.4 Å². The average molecular weight is 389 g/mol. The minimum atomic E-state index is -0.208. The molecular weight excluding hydrogens is 368 g/mol. The van der Waals surface area contributed by atoms with Gasteiger partial charge in [0.25, 0.3) is 0 Å². The summed E-state index contributed by atoms with van der Waals surface area (Å²) in [7, 11) is 1.64. The third kappa shape index (κ3) is 5.20. The molecule has 2 aromatic rings. The van der Waals surface area contributed by atoms with Crippen molar-refractivity contribution in [2.45, 2.75) is 20.3 Å². The number of anilines is 1. The van der Waals surface area contributed by atoms with Crippen LogP contribution in [0.25, 0.3) is 0 Å². The highest BCUT2D eigenvalue weighted by atomic mass is 79.9. The molecule has 2 amide bonds. The molecule has 0 aliphatic carbocycles. The van der Waals surface area contributed by atoms with Gasteiger partial charge in [0, 0.05) is 17.2 Å². The van der Waals surface area contributed by atoms with Crippen LogP contribution in [0.1, 0.15) is 16.7 Å². The van der Waals surface area contributed by atoms with Crippen LogP contribution in [-0.2, 0) is 16.0 Å². The molecule has 0 heterocycles. The number of amides is 2. The molecule has 1 N–H and O–H groups in total. The van der Waals surface area contributed by atoms with Gasteiger partial charge in [-0.2, -0.15) is 0 Å². The first-order valence-electron chi connectivity index (χ1n) is 7.70. The number of aryl methyl sites for hydroxylation is 2. The first kappa shape index (κ1) is 18.2. The summed E-state index contributed by atoms with van der Waals surface area (Å²) < 4.78 is 0.961. The highest BCUT2D eigenvalue weighted by Crippen LogP contribution is 2.19. The van der Waals surface area contributed by atoms with Crippen LogP contribution in [0.2, 0.25) is 0 Å². The van der Waals surface area contributed by atoms with Gasteiger partial charge in [-0.15, -0.1) is 0 Å². The van der Waals surface area contributed by atoms with Gasteiger partial charge in [0.15, 0.2) is 0 Å². The summed E-state index contributed by atoms with van der Waals surface area (Å²) in [6.07, 6.45) is 0.293. The van der Waals surface area contributed by atoms with E-state index in [1.807, 2.05) is 56.3 Å². The zero-order chi connectivity index (χ0) is 17.7. The summed E-state index contributed by atoms with van der Waals surface area (Å²) in [6.45, 7) is 3.96. The van der Waals surface area contributed by atoms with Crippen molar-refractivity contribution in [3.63, 3.8) is 0 Å². The van der Waals surface area contributed by atoms with E-state index in [2.05, 4.69) is 21.2 Å². The van der Waals surface area contributed by atoms with Gasteiger partial charge < -0.3 is 10.2 Å². The first-order valence-corrected chi connectivity index (χ1v) is 8.50. The number of nitrogens with zero attached hydrogens (tertiary/aromatic N) is 1. The van der Waals surface area contributed by atoms with Crippen LogP contribution in [0, 0.1) is 13.8 Å². The number of nitrogens with one attached hydrogen (secondary N) is 1. The van der Waals surface area contributed by atoms with E-state index in [0.29, 0.717) is 6.42 Å². The summed E-state index contributed by atoms with van der Waals surface area (Å²) in [5, 5.41) is 2.84. The Morgan fingerprint density at radius 1 is 1.08 bits per heavy atom. The third-order valence-corrected chi connectivity index (χ3v) is 4.24. The van der Waals surface area contributed by atoms with Crippen molar-refractivity contribution < 1.29 is 9.59 Å². The number of hydrogen-bond donors (Lipinski definition) is 1. The van der Waals surface area contributed by atoms with Crippen molar-refractivity contribution in [1.82, 2.24) is 4.90 Å². The second kappa shape index (κ2) is 8.11. The van der Waals surface area contributed by atoms with Gasteiger partial charge >= 0.3 is 0 Å². The smallest absolute Gasteiger partial charge is 0.243 e. The van der Waals surface area contributed by atoms with Gasteiger partial charge in [-0.3, -0.25) is 9.59 Å². The predicted octanol–water partition coefficient (Wildman–Crippen LogP) is 3.71. The summed E-state index contributed by atoms with van der Waals surface area (Å²) in [4.78, 5) is 25.8. The fraction of sp³-hybridized carbons (Fsp3) is 0.263. The van der Waals surface area contributed by atoms with E-state index in [9.17, 15) is 9.59 Å². The van der Waals surface area contributed by atoms with E-state index in [1.165, 1.54) is 4.90 Å². The van der Waals surface area contributed by atoms with Crippen LogP contribution in [0.5, 0.6) is 0 Å². The monoisotopic (exact) mass is 388 g/mol. The van der Waals surface area contributed by atoms with E-state index in [-0.39, 0.29) is 18.4 Å². The van der Waals surface area contributed by atoms with Crippen molar-refractivity contribution in [2.24, 2.45) is 0 Å². The number of carbonyl (C=O) groups excluding carboxylic acids is 2. The Morgan fingerprint density at radius 3 is 2.38 bits per heavy atom. The van der Waals surface area contributed by atoms with Gasteiger partial charge in [0.2, 0.25) is 11.8 Å². The quantitative estimate of drug-likeness (QED) is 0.848. The molecule has 0 atom stereocenters. The normalized spacial score (nSPS) is 10.3. The van der Waals surface area contributed by atoms with Crippen LogP contribution in [0.4, 0.5) is 5.69 Å². The van der Waals surface area contributed by atoms with Crippen LogP contribution in [-0.4, -0.2) is 30.3 Å². The van der Waals surface area contributed by atoms with E-state index < -0.39 is 0 Å². The molecule has 0 unspecified atom stereocenters. The molecule has 2 rings (SSSR count). The highest BCUT2D eigenvalue weighted by Gasteiger charge is 2.14. The molecule has 0 radical (unpaired) electrons. The fourth-order valence-electron chi connectivity index (χ4n) is 2.28. The maximum Gasteiger partial charge on any atom is 0.243 e. The van der Waals surface area contributed by atoms with Gasteiger partial charge in [0.05, 0.1) is 13.0 Å². The lowest BCUT2D eigenvalue weighted by Gasteiger charge is -2.17. The Bertz CT molecular complexity index is 742. The molecule has 0 spiro atoms. The zero-order valence-electron chi connectivity index (χ0n) is 14.1. The predicted molar refractivity (Wildman–Crippen MR) is 100 cm³/mol. The summed E-state index contributed by atoms with van der Waals surface area (Å²) >= 11 is 3.39. The lowest BCUT2D eigenvalue weighted by molar-refractivity contribution is -0.132. The van der Waals surface area contributed by atoms with Gasteiger partial charge in [-0.05, 0) is 43.2 Å². The second-order valence-corrected chi connectivity index (χ2v) is 6.84.